The minimum absolute atomic E-state index is 0.436. The summed E-state index contributed by atoms with van der Waals surface area (Å²) >= 11 is 0. The summed E-state index contributed by atoms with van der Waals surface area (Å²) in [5.41, 5.74) is 0.989. The quantitative estimate of drug-likeness (QED) is 0.176. The smallest absolute Gasteiger partial charge is 0.416 e. The molecule has 4 N–H and O–H groups in total. The van der Waals surface area contributed by atoms with Crippen LogP contribution in [0.15, 0.2) is 18.3 Å². The van der Waals surface area contributed by atoms with Crippen LogP contribution in [-0.4, -0.2) is 40.1 Å². The molecule has 12 heteroatoms. The molecule has 110 valence electrons. The molecule has 0 bridgehead atoms. The average Bonchev–Trinajstić information content (AvgIpc) is 2.14. The number of pyridine rings is 1. The van der Waals surface area contributed by atoms with E-state index in [1.54, 1.807) is 12.3 Å². The molecule has 0 aliphatic carbocycles. The monoisotopic (exact) mass is 301 g/mol. The summed E-state index contributed by atoms with van der Waals surface area (Å²) in [4.78, 5) is 8.36. The molecule has 0 amide bonds. The van der Waals surface area contributed by atoms with E-state index in [0.29, 0.717) is 5.88 Å². The van der Waals surface area contributed by atoms with Gasteiger partial charge in [-0.2, -0.15) is 8.42 Å². The van der Waals surface area contributed by atoms with Crippen LogP contribution >= 0.6 is 0 Å². The molecule has 0 aliphatic rings. The van der Waals surface area contributed by atoms with E-state index in [1.807, 2.05) is 13.0 Å². The van der Waals surface area contributed by atoms with Crippen LogP contribution in [0.25, 0.3) is 0 Å². The van der Waals surface area contributed by atoms with E-state index in [4.69, 9.17) is 42.8 Å². The van der Waals surface area contributed by atoms with Crippen LogP contribution in [0.4, 0.5) is 0 Å². The van der Waals surface area contributed by atoms with Gasteiger partial charge in [0, 0.05) is 10.3 Å². The van der Waals surface area contributed by atoms with Gasteiger partial charge in [-0.25, -0.2) is 0 Å². The lowest BCUT2D eigenvalue weighted by molar-refractivity contribution is -0.906. The molecule has 0 spiro atoms. The molecule has 0 aliphatic heterocycles. The van der Waals surface area contributed by atoms with Crippen LogP contribution in [0.3, 0.4) is 0 Å². The van der Waals surface area contributed by atoms with Crippen LogP contribution in [0, 0.1) is 17.0 Å². The first-order valence-corrected chi connectivity index (χ1v) is 5.65. The summed E-state index contributed by atoms with van der Waals surface area (Å²) < 4.78 is 37.3. The van der Waals surface area contributed by atoms with E-state index in [0.717, 1.165) is 10.3 Å². The Balaban J connectivity index is 0. The third-order valence-electron chi connectivity index (χ3n) is 1.25. The summed E-state index contributed by atoms with van der Waals surface area (Å²) in [5, 5.41) is 22.7. The van der Waals surface area contributed by atoms with Gasteiger partial charge in [-0.15, -0.1) is 10.1 Å². The average molecular weight is 301 g/mol. The summed E-state index contributed by atoms with van der Waals surface area (Å²) in [7, 11) is -3.16. The fourth-order valence-electron chi connectivity index (χ4n) is 0.740. The molecular formula is C7H13N2O9S+. The highest BCUT2D eigenvalue weighted by Crippen LogP contribution is 2.01. The fourth-order valence-corrected chi connectivity index (χ4v) is 0.740. The van der Waals surface area contributed by atoms with Crippen LogP contribution in [0.2, 0.25) is 0 Å². The maximum absolute atomic E-state index is 9.08. The van der Waals surface area contributed by atoms with Crippen molar-refractivity contribution in [3.63, 3.8) is 0 Å². The van der Waals surface area contributed by atoms with Crippen LogP contribution < -0.4 is 9.47 Å². The lowest BCUT2D eigenvalue weighted by Crippen LogP contribution is -2.31. The maximum atomic E-state index is 9.08. The molecule has 0 fully saturated rings. The third-order valence-corrected chi connectivity index (χ3v) is 1.25. The Morgan fingerprint density at radius 2 is 1.74 bits per heavy atom. The molecule has 1 aromatic rings. The van der Waals surface area contributed by atoms with Crippen molar-refractivity contribution in [1.82, 2.24) is 0 Å². The Morgan fingerprint density at radius 3 is 2.00 bits per heavy atom. The van der Waals surface area contributed by atoms with Gasteiger partial charge in [0.05, 0.1) is 13.2 Å². The van der Waals surface area contributed by atoms with E-state index < -0.39 is 15.5 Å². The second-order valence-electron chi connectivity index (χ2n) is 2.78. The predicted molar refractivity (Wildman–Crippen MR) is 58.1 cm³/mol. The highest BCUT2D eigenvalue weighted by Gasteiger charge is 2.07. The molecule has 0 saturated heterocycles. The lowest BCUT2D eigenvalue weighted by Gasteiger charge is -1.93. The molecular weight excluding hydrogens is 288 g/mol. The summed E-state index contributed by atoms with van der Waals surface area (Å²) in [6.07, 6.45) is 1.58. The van der Waals surface area contributed by atoms with Gasteiger partial charge in [0.1, 0.15) is 0 Å². The topological polar surface area (TPSA) is 171 Å². The first kappa shape index (κ1) is 19.2. The van der Waals surface area contributed by atoms with Crippen molar-refractivity contribution in [1.29, 1.82) is 0 Å². The Bertz CT molecular complexity index is 489. The fraction of sp³-hybridized carbons (Fsp3) is 0.286. The number of rotatable bonds is 1. The molecule has 1 rings (SSSR count). The van der Waals surface area contributed by atoms with Crippen LogP contribution in [-0.2, 0) is 10.4 Å². The number of nitrogens with zero attached hydrogens (tertiary/aromatic N) is 2. The Morgan fingerprint density at radius 1 is 1.37 bits per heavy atom. The van der Waals surface area contributed by atoms with Gasteiger partial charge in [0.25, 0.3) is 5.09 Å². The second-order valence-corrected chi connectivity index (χ2v) is 3.67. The SMILES string of the molecule is COc1ccc(C)c[n+]1O.O=S(=O)(O)O.O=[N+]([O-])O. The van der Waals surface area contributed by atoms with Crippen molar-refractivity contribution in [2.75, 3.05) is 7.11 Å². The first-order chi connectivity index (χ1) is 8.47. The molecule has 1 aromatic heterocycles. The van der Waals surface area contributed by atoms with E-state index in [2.05, 4.69) is 0 Å². The molecule has 0 saturated carbocycles. The molecule has 0 radical (unpaired) electrons. The van der Waals surface area contributed by atoms with Gasteiger partial charge >= 0.3 is 16.3 Å². The van der Waals surface area contributed by atoms with E-state index >= 15 is 0 Å². The standard InChI is InChI=1S/C7H10NO2.HNO3.H2O4S/c1-6-3-4-7(10-2)8(9)5-6;2-1(3)4;1-5(2,3)4/h3-5,9H,1-2H3;(H,2,3,4);(H2,1,2,3,4)/q+1;;. The van der Waals surface area contributed by atoms with Gasteiger partial charge in [0.15, 0.2) is 0 Å². The molecule has 1 heterocycles. The van der Waals surface area contributed by atoms with Gasteiger partial charge in [-0.3, -0.25) is 14.3 Å². The van der Waals surface area contributed by atoms with Crippen molar-refractivity contribution in [2.24, 2.45) is 0 Å². The van der Waals surface area contributed by atoms with Gasteiger partial charge < -0.3 is 9.94 Å². The van der Waals surface area contributed by atoms with E-state index in [1.165, 1.54) is 7.11 Å². The number of hydrogen-bond acceptors (Lipinski definition) is 6. The molecule has 19 heavy (non-hydrogen) atoms. The molecule has 0 aromatic carbocycles. The minimum Gasteiger partial charge on any atom is -0.445 e. The van der Waals surface area contributed by atoms with Gasteiger partial charge in [-0.1, -0.05) is 0 Å². The second kappa shape index (κ2) is 8.84. The third kappa shape index (κ3) is 18.4. The summed E-state index contributed by atoms with van der Waals surface area (Å²) in [5.74, 6) is 0.436. The Labute approximate surface area is 107 Å². The number of aryl methyl sites for hydroxylation is 1. The maximum Gasteiger partial charge on any atom is 0.416 e. The highest BCUT2D eigenvalue weighted by molar-refractivity contribution is 7.79. The zero-order chi connectivity index (χ0) is 15.6. The predicted octanol–water partition coefficient (Wildman–Crippen LogP) is -0.472. The van der Waals surface area contributed by atoms with Crippen LogP contribution in [0.1, 0.15) is 5.56 Å². The van der Waals surface area contributed by atoms with E-state index in [-0.39, 0.29) is 0 Å². The van der Waals surface area contributed by atoms with E-state index in [9.17, 15) is 0 Å². The zero-order valence-electron chi connectivity index (χ0n) is 9.86. The number of aromatic nitrogens is 1. The Kier molecular flexibility index (Phi) is 8.92. The van der Waals surface area contributed by atoms with Crippen LogP contribution in [0.5, 0.6) is 5.88 Å². The highest BCUT2D eigenvalue weighted by atomic mass is 32.3. The summed E-state index contributed by atoms with van der Waals surface area (Å²) in [6.45, 7) is 1.90. The molecule has 0 atom stereocenters. The van der Waals surface area contributed by atoms with Crippen molar-refractivity contribution < 1.29 is 42.5 Å². The number of hydrogen-bond donors (Lipinski definition) is 4. The zero-order valence-corrected chi connectivity index (χ0v) is 10.7. The van der Waals surface area contributed by atoms with Crippen molar-refractivity contribution in [3.05, 3.63) is 34.0 Å². The van der Waals surface area contributed by atoms with Gasteiger partial charge in [0.2, 0.25) is 6.20 Å². The first-order valence-electron chi connectivity index (χ1n) is 4.26. The van der Waals surface area contributed by atoms with Crippen molar-refractivity contribution in [3.8, 4) is 5.88 Å². The largest absolute Gasteiger partial charge is 0.445 e. The number of ether oxygens (including phenoxy) is 1. The Hall–Kier alpha value is -2.18. The lowest BCUT2D eigenvalue weighted by atomic mass is 10.3. The minimum atomic E-state index is -4.67. The normalized spacial score (nSPS) is 9.26. The summed E-state index contributed by atoms with van der Waals surface area (Å²) in [6, 6.07) is 3.57. The number of methoxy groups -OCH3 is 1. The van der Waals surface area contributed by atoms with Crippen molar-refractivity contribution >= 4 is 10.4 Å². The van der Waals surface area contributed by atoms with Gasteiger partial charge in [-0.05, 0) is 13.0 Å². The molecule has 11 nitrogen and oxygen atoms in total. The van der Waals surface area contributed by atoms with Crippen molar-refractivity contribution in [2.45, 2.75) is 6.92 Å². The molecule has 0 unspecified atom stereocenters.